The highest BCUT2D eigenvalue weighted by Crippen LogP contribution is 2.40. The van der Waals surface area contributed by atoms with E-state index in [9.17, 15) is 13.2 Å². The zero-order valence-corrected chi connectivity index (χ0v) is 18.6. The molecule has 1 aliphatic rings. The average molecular weight is 476 g/mol. The van der Waals surface area contributed by atoms with Gasteiger partial charge in [0.05, 0.1) is 21.2 Å². The summed E-state index contributed by atoms with van der Waals surface area (Å²) < 4.78 is 25.9. The van der Waals surface area contributed by atoms with Crippen LogP contribution in [-0.4, -0.2) is 14.3 Å². The van der Waals surface area contributed by atoms with Crippen molar-refractivity contribution < 1.29 is 13.2 Å². The Bertz CT molecular complexity index is 1250. The first-order chi connectivity index (χ1) is 14.3. The Balaban J connectivity index is 1.63. The molecule has 0 aliphatic carbocycles. The number of fused-ring (bicyclic) bond motifs is 1. The summed E-state index contributed by atoms with van der Waals surface area (Å²) in [6.07, 6.45) is 1.80. The largest absolute Gasteiger partial charge is 0.320 e. The van der Waals surface area contributed by atoms with Gasteiger partial charge in [-0.15, -0.1) is 0 Å². The van der Waals surface area contributed by atoms with Crippen molar-refractivity contribution in [3.63, 3.8) is 0 Å². The first-order valence-corrected chi connectivity index (χ1v) is 12.1. The summed E-state index contributed by atoms with van der Waals surface area (Å²) in [6, 6.07) is 19.1. The molecule has 0 aromatic heterocycles. The maximum Gasteiger partial charge on any atom is 0.262 e. The van der Waals surface area contributed by atoms with Crippen LogP contribution in [0.15, 0.2) is 81.4 Å². The molecule has 0 spiro atoms. The van der Waals surface area contributed by atoms with Gasteiger partial charge in [-0.25, -0.2) is 8.42 Å². The monoisotopic (exact) mass is 475 g/mol. The summed E-state index contributed by atoms with van der Waals surface area (Å²) in [5.74, 6) is -0.607. The van der Waals surface area contributed by atoms with Gasteiger partial charge in [-0.05, 0) is 42.0 Å². The van der Waals surface area contributed by atoms with Gasteiger partial charge < -0.3 is 5.32 Å². The lowest BCUT2D eigenvalue weighted by molar-refractivity contribution is -0.112. The van der Waals surface area contributed by atoms with E-state index in [1.807, 2.05) is 30.3 Å². The van der Waals surface area contributed by atoms with Crippen LogP contribution in [0, 0.1) is 0 Å². The predicted molar refractivity (Wildman–Crippen MR) is 123 cm³/mol. The molecule has 3 aromatic rings. The summed E-state index contributed by atoms with van der Waals surface area (Å²) in [4.78, 5) is 13.9. The molecule has 0 fully saturated rings. The van der Waals surface area contributed by atoms with E-state index in [2.05, 4.69) is 5.32 Å². The van der Waals surface area contributed by atoms with Gasteiger partial charge in [0, 0.05) is 20.5 Å². The molecular formula is C22H15Cl2NO3S2. The Hall–Kier alpha value is -2.25. The molecule has 0 bridgehead atoms. The Morgan fingerprint density at radius 1 is 0.933 bits per heavy atom. The van der Waals surface area contributed by atoms with Crippen molar-refractivity contribution in [2.24, 2.45) is 0 Å². The molecule has 8 heteroatoms. The lowest BCUT2D eigenvalue weighted by Crippen LogP contribution is -2.18. The van der Waals surface area contributed by atoms with Crippen LogP contribution in [0.1, 0.15) is 11.1 Å². The minimum Gasteiger partial charge on any atom is -0.320 e. The van der Waals surface area contributed by atoms with Crippen LogP contribution in [0.2, 0.25) is 10.0 Å². The molecule has 3 aromatic carbocycles. The highest BCUT2D eigenvalue weighted by molar-refractivity contribution is 8.04. The predicted octanol–water partition coefficient (Wildman–Crippen LogP) is 6.05. The fourth-order valence-corrected chi connectivity index (χ4v) is 6.03. The van der Waals surface area contributed by atoms with Crippen LogP contribution in [-0.2, 0) is 20.4 Å². The van der Waals surface area contributed by atoms with Gasteiger partial charge in [-0.1, -0.05) is 71.4 Å². The molecule has 0 saturated carbocycles. The van der Waals surface area contributed by atoms with Crippen LogP contribution in [0.5, 0.6) is 0 Å². The number of amides is 1. The van der Waals surface area contributed by atoms with Gasteiger partial charge in [-0.3, -0.25) is 4.79 Å². The quantitative estimate of drug-likeness (QED) is 0.466. The summed E-state index contributed by atoms with van der Waals surface area (Å²) in [7, 11) is -3.72. The third-order valence-corrected chi connectivity index (χ3v) is 7.94. The number of hydrogen-bond donors (Lipinski definition) is 1. The van der Waals surface area contributed by atoms with Gasteiger partial charge in [0.2, 0.25) is 0 Å². The van der Waals surface area contributed by atoms with E-state index in [4.69, 9.17) is 23.2 Å². The lowest BCUT2D eigenvalue weighted by atomic mass is 10.2. The molecule has 1 heterocycles. The Morgan fingerprint density at radius 3 is 2.33 bits per heavy atom. The normalized spacial score (nSPS) is 15.0. The van der Waals surface area contributed by atoms with Crippen LogP contribution < -0.4 is 5.32 Å². The van der Waals surface area contributed by atoms with Gasteiger partial charge >= 0.3 is 0 Å². The first kappa shape index (κ1) is 21.0. The van der Waals surface area contributed by atoms with Gasteiger partial charge in [0.25, 0.3) is 5.91 Å². The smallest absolute Gasteiger partial charge is 0.262 e. The van der Waals surface area contributed by atoms with Crippen LogP contribution in [0.4, 0.5) is 5.69 Å². The summed E-state index contributed by atoms with van der Waals surface area (Å²) >= 11 is 13.5. The zero-order valence-electron chi connectivity index (χ0n) is 15.4. The van der Waals surface area contributed by atoms with Crippen molar-refractivity contribution in [3.8, 4) is 0 Å². The van der Waals surface area contributed by atoms with E-state index in [-0.39, 0.29) is 16.6 Å². The number of benzene rings is 3. The number of halogens is 2. The van der Waals surface area contributed by atoms with E-state index in [0.717, 1.165) is 10.5 Å². The summed E-state index contributed by atoms with van der Waals surface area (Å²) in [6.45, 7) is 0. The summed E-state index contributed by atoms with van der Waals surface area (Å²) in [5.41, 5.74) is 1.72. The number of hydrogen-bond acceptors (Lipinski definition) is 4. The number of sulfone groups is 1. The number of nitrogens with one attached hydrogen (secondary N) is 1. The highest BCUT2D eigenvalue weighted by atomic mass is 35.5. The van der Waals surface area contributed by atoms with Crippen molar-refractivity contribution in [1.82, 2.24) is 0 Å². The van der Waals surface area contributed by atoms with E-state index in [1.54, 1.807) is 30.3 Å². The number of anilines is 1. The molecule has 4 nitrogen and oxygen atoms in total. The molecule has 1 N–H and O–H groups in total. The second kappa shape index (κ2) is 8.47. The zero-order chi connectivity index (χ0) is 21.3. The highest BCUT2D eigenvalue weighted by Gasteiger charge is 2.25. The van der Waals surface area contributed by atoms with Crippen molar-refractivity contribution in [2.45, 2.75) is 15.5 Å². The van der Waals surface area contributed by atoms with Crippen molar-refractivity contribution in [1.29, 1.82) is 0 Å². The summed E-state index contributed by atoms with van der Waals surface area (Å²) in [5, 5.41) is 3.37. The topological polar surface area (TPSA) is 63.2 Å². The number of thioether (sulfide) groups is 1. The van der Waals surface area contributed by atoms with E-state index in [1.165, 1.54) is 23.9 Å². The van der Waals surface area contributed by atoms with E-state index >= 15 is 0 Å². The minimum atomic E-state index is -3.72. The van der Waals surface area contributed by atoms with Crippen LogP contribution in [0.3, 0.4) is 0 Å². The third kappa shape index (κ3) is 4.42. The van der Waals surface area contributed by atoms with Crippen LogP contribution >= 0.6 is 35.0 Å². The molecule has 4 rings (SSSR count). The maximum absolute atomic E-state index is 12.9. The molecule has 0 saturated heterocycles. The van der Waals surface area contributed by atoms with E-state index in [0.29, 0.717) is 26.2 Å². The molecule has 30 heavy (non-hydrogen) atoms. The van der Waals surface area contributed by atoms with E-state index < -0.39 is 9.84 Å². The molecule has 1 aliphatic heterocycles. The standard InChI is InChI=1S/C22H15Cl2NO3S2/c23-17-7-4-8-18(24)16(17)13-30(27,28)15-9-10-20-19(12-15)25-22(26)21(29-20)11-14-5-2-1-3-6-14/h1-12H,13H2,(H,25,26)/b21-11-. The molecule has 0 radical (unpaired) electrons. The molecule has 152 valence electrons. The van der Waals surface area contributed by atoms with Crippen molar-refractivity contribution in [3.05, 3.63) is 92.8 Å². The number of carbonyl (C=O) groups is 1. The molecule has 1 amide bonds. The fraction of sp³-hybridized carbons (Fsp3) is 0.0455. The average Bonchev–Trinajstić information content (AvgIpc) is 2.72. The Kier molecular flexibility index (Phi) is 5.93. The number of rotatable bonds is 4. The fourth-order valence-electron chi connectivity index (χ4n) is 2.98. The van der Waals surface area contributed by atoms with Gasteiger partial charge in [0.1, 0.15) is 0 Å². The van der Waals surface area contributed by atoms with Crippen molar-refractivity contribution >= 4 is 62.5 Å². The Morgan fingerprint density at radius 2 is 1.63 bits per heavy atom. The Labute approximate surface area is 188 Å². The third-order valence-electron chi connectivity index (χ3n) is 4.50. The number of carbonyl (C=O) groups excluding carboxylic acids is 1. The molecule has 0 unspecified atom stereocenters. The molecule has 0 atom stereocenters. The van der Waals surface area contributed by atoms with Gasteiger partial charge in [-0.2, -0.15) is 0 Å². The lowest BCUT2D eigenvalue weighted by Gasteiger charge is -2.19. The first-order valence-electron chi connectivity index (χ1n) is 8.89. The molecular weight excluding hydrogens is 461 g/mol. The minimum absolute atomic E-state index is 0.0913. The van der Waals surface area contributed by atoms with Crippen molar-refractivity contribution in [2.75, 3.05) is 5.32 Å². The van der Waals surface area contributed by atoms with Gasteiger partial charge in [0.15, 0.2) is 9.84 Å². The second-order valence-corrected chi connectivity index (χ2v) is 10.5. The maximum atomic E-state index is 12.9. The van der Waals surface area contributed by atoms with Crippen LogP contribution in [0.25, 0.3) is 6.08 Å². The SMILES string of the molecule is O=C1Nc2cc(S(=O)(=O)Cc3c(Cl)cccc3Cl)ccc2S/C1=C\c1ccccc1. The second-order valence-electron chi connectivity index (χ2n) is 6.59.